The first kappa shape index (κ1) is 20.4. The van der Waals surface area contributed by atoms with Gasteiger partial charge in [-0.25, -0.2) is 0 Å². The molecular weight excluding hydrogens is 397 g/mol. The maximum atomic E-state index is 11.9. The van der Waals surface area contributed by atoms with Gasteiger partial charge >= 0.3 is 5.97 Å². The van der Waals surface area contributed by atoms with E-state index in [9.17, 15) is 14.4 Å². The van der Waals surface area contributed by atoms with Crippen LogP contribution in [0.15, 0.2) is 24.3 Å². The van der Waals surface area contributed by atoms with Gasteiger partial charge in [0, 0.05) is 11.3 Å². The van der Waals surface area contributed by atoms with E-state index < -0.39 is 18.5 Å². The summed E-state index contributed by atoms with van der Waals surface area (Å²) in [7, 11) is 0. The molecule has 0 aliphatic carbocycles. The molecule has 0 aliphatic heterocycles. The zero-order valence-electron chi connectivity index (χ0n) is 14.2. The standard InChI is InChI=1S/C18H17Cl2NO4S/c1-10-3-5-12(19)18(17(10)20)21-15(23)9-25-16(24)8-6-13(22)14-7-4-11(2)26-14/h3-5,7H,6,8-9H2,1-2H3,(H,21,23). The highest BCUT2D eigenvalue weighted by atomic mass is 35.5. The minimum Gasteiger partial charge on any atom is -0.456 e. The third-order valence-electron chi connectivity index (χ3n) is 3.48. The Balaban J connectivity index is 1.79. The van der Waals surface area contributed by atoms with Crippen molar-refractivity contribution in [1.29, 1.82) is 0 Å². The second-order valence-electron chi connectivity index (χ2n) is 5.60. The Kier molecular flexibility index (Phi) is 7.20. The third kappa shape index (κ3) is 5.56. The summed E-state index contributed by atoms with van der Waals surface area (Å²) in [5, 5.41) is 3.14. The summed E-state index contributed by atoms with van der Waals surface area (Å²) < 4.78 is 4.89. The Hall–Kier alpha value is -1.89. The van der Waals surface area contributed by atoms with Crippen LogP contribution in [0.3, 0.4) is 0 Å². The molecule has 0 spiro atoms. The van der Waals surface area contributed by atoms with Crippen LogP contribution < -0.4 is 5.32 Å². The molecule has 1 heterocycles. The van der Waals surface area contributed by atoms with Crippen molar-refractivity contribution in [3.05, 3.63) is 49.6 Å². The molecule has 138 valence electrons. The second kappa shape index (κ2) is 9.16. The van der Waals surface area contributed by atoms with Crippen LogP contribution in [0.2, 0.25) is 10.0 Å². The lowest BCUT2D eigenvalue weighted by Crippen LogP contribution is -2.21. The minimum atomic E-state index is -0.622. The van der Waals surface area contributed by atoms with E-state index in [2.05, 4.69) is 5.32 Å². The summed E-state index contributed by atoms with van der Waals surface area (Å²) >= 11 is 13.5. The second-order valence-corrected chi connectivity index (χ2v) is 7.67. The minimum absolute atomic E-state index is 0.0376. The fraction of sp³-hybridized carbons (Fsp3) is 0.278. The predicted molar refractivity (Wildman–Crippen MR) is 103 cm³/mol. The predicted octanol–water partition coefficient (Wildman–Crippen LogP) is 4.82. The zero-order valence-corrected chi connectivity index (χ0v) is 16.6. The van der Waals surface area contributed by atoms with Crippen molar-refractivity contribution in [2.45, 2.75) is 26.7 Å². The Labute approximate surface area is 165 Å². The molecule has 0 fully saturated rings. The number of esters is 1. The number of thiophene rings is 1. The first-order valence-electron chi connectivity index (χ1n) is 7.77. The van der Waals surface area contributed by atoms with Gasteiger partial charge in [-0.3, -0.25) is 14.4 Å². The van der Waals surface area contributed by atoms with Crippen molar-refractivity contribution in [3.8, 4) is 0 Å². The van der Waals surface area contributed by atoms with Crippen molar-refractivity contribution >= 4 is 57.9 Å². The average molecular weight is 414 g/mol. The zero-order chi connectivity index (χ0) is 19.3. The maximum Gasteiger partial charge on any atom is 0.306 e. The molecule has 1 aromatic carbocycles. The average Bonchev–Trinajstić information content (AvgIpc) is 3.04. The summed E-state index contributed by atoms with van der Waals surface area (Å²) in [6.45, 7) is 3.20. The summed E-state index contributed by atoms with van der Waals surface area (Å²) in [4.78, 5) is 37.2. The summed E-state index contributed by atoms with van der Waals surface area (Å²) in [6, 6.07) is 6.92. The molecule has 5 nitrogen and oxygen atoms in total. The first-order valence-corrected chi connectivity index (χ1v) is 9.35. The van der Waals surface area contributed by atoms with E-state index in [0.29, 0.717) is 9.90 Å². The molecule has 1 N–H and O–H groups in total. The molecule has 1 amide bonds. The van der Waals surface area contributed by atoms with Crippen molar-refractivity contribution in [3.63, 3.8) is 0 Å². The van der Waals surface area contributed by atoms with Crippen LogP contribution in [0.4, 0.5) is 5.69 Å². The van der Waals surface area contributed by atoms with E-state index >= 15 is 0 Å². The lowest BCUT2D eigenvalue weighted by atomic mass is 10.2. The molecule has 0 saturated heterocycles. The third-order valence-corrected chi connectivity index (χ3v) is 5.33. The summed E-state index contributed by atoms with van der Waals surface area (Å²) in [5.41, 5.74) is 1.03. The number of hydrogen-bond acceptors (Lipinski definition) is 5. The molecule has 0 radical (unpaired) electrons. The number of amides is 1. The first-order chi connectivity index (χ1) is 12.3. The Morgan fingerprint density at radius 3 is 2.46 bits per heavy atom. The highest BCUT2D eigenvalue weighted by molar-refractivity contribution is 7.14. The number of anilines is 1. The van der Waals surface area contributed by atoms with Crippen molar-refractivity contribution in [2.24, 2.45) is 0 Å². The van der Waals surface area contributed by atoms with Crippen molar-refractivity contribution in [2.75, 3.05) is 11.9 Å². The van der Waals surface area contributed by atoms with Gasteiger partial charge < -0.3 is 10.1 Å². The van der Waals surface area contributed by atoms with Crippen LogP contribution in [0.25, 0.3) is 0 Å². The van der Waals surface area contributed by atoms with E-state index in [1.165, 1.54) is 11.3 Å². The number of hydrogen-bond donors (Lipinski definition) is 1. The molecule has 26 heavy (non-hydrogen) atoms. The smallest absolute Gasteiger partial charge is 0.306 e. The van der Waals surface area contributed by atoms with Crippen molar-refractivity contribution < 1.29 is 19.1 Å². The van der Waals surface area contributed by atoms with Gasteiger partial charge in [0.1, 0.15) is 0 Å². The van der Waals surface area contributed by atoms with Crippen LogP contribution in [0, 0.1) is 13.8 Å². The van der Waals surface area contributed by atoms with E-state index in [-0.39, 0.29) is 29.3 Å². The molecule has 0 aliphatic rings. The normalized spacial score (nSPS) is 10.5. The molecule has 0 atom stereocenters. The van der Waals surface area contributed by atoms with Gasteiger partial charge in [-0.05, 0) is 37.6 Å². The Morgan fingerprint density at radius 2 is 1.81 bits per heavy atom. The van der Waals surface area contributed by atoms with Gasteiger partial charge in [0.25, 0.3) is 5.91 Å². The Morgan fingerprint density at radius 1 is 1.08 bits per heavy atom. The lowest BCUT2D eigenvalue weighted by molar-refractivity contribution is -0.147. The Bertz CT molecular complexity index is 848. The number of rotatable bonds is 7. The summed E-state index contributed by atoms with van der Waals surface area (Å²) in [6.07, 6.45) is -0.0506. The van der Waals surface area contributed by atoms with E-state index in [4.69, 9.17) is 27.9 Å². The number of ketones is 1. The van der Waals surface area contributed by atoms with Crippen LogP contribution in [0.5, 0.6) is 0 Å². The number of benzene rings is 1. The molecule has 0 unspecified atom stereocenters. The van der Waals surface area contributed by atoms with Gasteiger partial charge in [0.05, 0.1) is 27.0 Å². The van der Waals surface area contributed by atoms with Gasteiger partial charge in [0.2, 0.25) is 0 Å². The number of carbonyl (C=O) groups is 3. The molecule has 0 bridgehead atoms. The fourth-order valence-corrected chi connectivity index (χ4v) is 3.39. The highest BCUT2D eigenvalue weighted by Gasteiger charge is 2.15. The molecule has 0 saturated carbocycles. The number of aryl methyl sites for hydroxylation is 2. The van der Waals surface area contributed by atoms with E-state index in [0.717, 1.165) is 10.4 Å². The topological polar surface area (TPSA) is 72.5 Å². The van der Waals surface area contributed by atoms with Crippen LogP contribution in [-0.4, -0.2) is 24.3 Å². The van der Waals surface area contributed by atoms with Gasteiger partial charge in [-0.15, -0.1) is 11.3 Å². The SMILES string of the molecule is Cc1ccc(C(=O)CCC(=O)OCC(=O)Nc2c(Cl)ccc(C)c2Cl)s1. The number of nitrogens with one attached hydrogen (secondary N) is 1. The van der Waals surface area contributed by atoms with Crippen LogP contribution >= 0.6 is 34.5 Å². The number of carbonyl (C=O) groups excluding carboxylic acids is 3. The maximum absolute atomic E-state index is 11.9. The van der Waals surface area contributed by atoms with Gasteiger partial charge in [-0.1, -0.05) is 29.3 Å². The molecule has 2 rings (SSSR count). The van der Waals surface area contributed by atoms with Crippen LogP contribution in [-0.2, 0) is 14.3 Å². The van der Waals surface area contributed by atoms with Gasteiger partial charge in [0.15, 0.2) is 12.4 Å². The number of Topliss-reactive ketones (excluding diaryl/α,β-unsaturated/α-hetero) is 1. The monoisotopic (exact) mass is 413 g/mol. The van der Waals surface area contributed by atoms with Crippen molar-refractivity contribution in [1.82, 2.24) is 0 Å². The lowest BCUT2D eigenvalue weighted by Gasteiger charge is -2.11. The highest BCUT2D eigenvalue weighted by Crippen LogP contribution is 2.32. The molecule has 2 aromatic rings. The molecule has 1 aromatic heterocycles. The summed E-state index contributed by atoms with van der Waals surface area (Å²) in [5.74, 6) is -1.31. The largest absolute Gasteiger partial charge is 0.456 e. The fourth-order valence-electron chi connectivity index (χ4n) is 2.09. The number of halogens is 2. The van der Waals surface area contributed by atoms with Crippen LogP contribution in [0.1, 0.15) is 33.0 Å². The molecular formula is C18H17Cl2NO4S. The van der Waals surface area contributed by atoms with E-state index in [1.54, 1.807) is 25.1 Å². The van der Waals surface area contributed by atoms with E-state index in [1.807, 2.05) is 13.0 Å². The van der Waals surface area contributed by atoms with Gasteiger partial charge in [-0.2, -0.15) is 0 Å². The quantitative estimate of drug-likeness (QED) is 0.521. The number of ether oxygens (including phenoxy) is 1. The molecule has 8 heteroatoms.